The Morgan fingerprint density at radius 1 is 1.37 bits per heavy atom. The molecule has 1 aromatic heterocycles. The van der Waals surface area contributed by atoms with Gasteiger partial charge in [-0.05, 0) is 12.1 Å². The number of hydrogen-bond donors (Lipinski definition) is 2. The Morgan fingerprint density at radius 2 is 2.11 bits per heavy atom. The second kappa shape index (κ2) is 5.41. The summed E-state index contributed by atoms with van der Waals surface area (Å²) in [4.78, 5) is 3.78. The zero-order valence-electron chi connectivity index (χ0n) is 10.3. The van der Waals surface area contributed by atoms with Crippen LogP contribution in [0.25, 0.3) is 0 Å². The maximum Gasteiger partial charge on any atom is 0.244 e. The summed E-state index contributed by atoms with van der Waals surface area (Å²) >= 11 is 0. The summed E-state index contributed by atoms with van der Waals surface area (Å²) in [5.74, 6) is 0.684. The molecular formula is C12H14N2O4S. The maximum absolute atomic E-state index is 12.0. The molecule has 7 heteroatoms. The molecule has 6 nitrogen and oxygen atoms in total. The van der Waals surface area contributed by atoms with E-state index in [0.717, 1.165) is 0 Å². The van der Waals surface area contributed by atoms with Crippen LogP contribution in [0.5, 0.6) is 5.75 Å². The Morgan fingerprint density at radius 3 is 2.74 bits per heavy atom. The number of sulfonamides is 1. The first kappa shape index (κ1) is 13.6. The third-order valence-corrected chi connectivity index (χ3v) is 3.97. The van der Waals surface area contributed by atoms with Gasteiger partial charge in [-0.3, -0.25) is 0 Å². The third kappa shape index (κ3) is 3.12. The minimum absolute atomic E-state index is 0.0589. The number of benzene rings is 1. The van der Waals surface area contributed by atoms with Gasteiger partial charge in [0, 0.05) is 6.42 Å². The summed E-state index contributed by atoms with van der Waals surface area (Å²) in [6, 6.07) is 5.73. The number of phenols is 1. The lowest BCUT2D eigenvalue weighted by Crippen LogP contribution is -2.23. The summed E-state index contributed by atoms with van der Waals surface area (Å²) in [7, 11) is -3.79. The molecule has 0 saturated carbocycles. The average molecular weight is 282 g/mol. The predicted octanol–water partition coefficient (Wildman–Crippen LogP) is 1.42. The molecule has 0 unspecified atom stereocenters. The molecule has 0 bridgehead atoms. The quantitative estimate of drug-likeness (QED) is 0.865. The molecule has 0 saturated heterocycles. The first-order valence-corrected chi connectivity index (χ1v) is 7.22. The smallest absolute Gasteiger partial charge is 0.244 e. The van der Waals surface area contributed by atoms with Crippen molar-refractivity contribution < 1.29 is 17.9 Å². The van der Waals surface area contributed by atoms with Crippen molar-refractivity contribution in [3.63, 3.8) is 0 Å². The van der Waals surface area contributed by atoms with Gasteiger partial charge in [0.05, 0.1) is 12.7 Å². The van der Waals surface area contributed by atoms with Crippen LogP contribution in [-0.4, -0.2) is 18.5 Å². The van der Waals surface area contributed by atoms with Crippen molar-refractivity contribution in [3.8, 4) is 5.75 Å². The number of hydrogen-bond acceptors (Lipinski definition) is 5. The van der Waals surface area contributed by atoms with Gasteiger partial charge in [0.15, 0.2) is 0 Å². The molecule has 2 aromatic rings. The summed E-state index contributed by atoms with van der Waals surface area (Å²) in [6.07, 6.45) is 2.25. The van der Waals surface area contributed by atoms with E-state index < -0.39 is 10.0 Å². The SMILES string of the molecule is CCc1cnc(CNS(=O)(=O)c2ccccc2O)o1. The number of phenolic OH excluding ortho intramolecular Hbond substituents is 1. The minimum atomic E-state index is -3.79. The Balaban J connectivity index is 2.12. The van der Waals surface area contributed by atoms with E-state index in [1.165, 1.54) is 18.2 Å². The number of oxazole rings is 1. The summed E-state index contributed by atoms with van der Waals surface area (Å²) in [5.41, 5.74) is 0. The van der Waals surface area contributed by atoms with Gasteiger partial charge in [-0.1, -0.05) is 19.1 Å². The predicted molar refractivity (Wildman–Crippen MR) is 68.0 cm³/mol. The topological polar surface area (TPSA) is 92.4 Å². The van der Waals surface area contributed by atoms with E-state index in [9.17, 15) is 13.5 Å². The van der Waals surface area contributed by atoms with Gasteiger partial charge in [0.25, 0.3) is 0 Å². The summed E-state index contributed by atoms with van der Waals surface area (Å²) in [5, 5.41) is 9.53. The van der Waals surface area contributed by atoms with Crippen LogP contribution in [0.3, 0.4) is 0 Å². The minimum Gasteiger partial charge on any atom is -0.507 e. The number of nitrogens with zero attached hydrogens (tertiary/aromatic N) is 1. The average Bonchev–Trinajstić information content (AvgIpc) is 2.85. The first-order valence-electron chi connectivity index (χ1n) is 5.74. The monoisotopic (exact) mass is 282 g/mol. The number of rotatable bonds is 5. The maximum atomic E-state index is 12.0. The molecule has 0 atom stereocenters. The van der Waals surface area contributed by atoms with Gasteiger partial charge in [-0.15, -0.1) is 0 Å². The zero-order chi connectivity index (χ0) is 13.9. The van der Waals surface area contributed by atoms with Crippen molar-refractivity contribution in [2.24, 2.45) is 0 Å². The van der Waals surface area contributed by atoms with Crippen LogP contribution in [0, 0.1) is 0 Å². The van der Waals surface area contributed by atoms with Gasteiger partial charge < -0.3 is 9.52 Å². The molecule has 0 spiro atoms. The molecule has 1 aromatic carbocycles. The fraction of sp³-hybridized carbons (Fsp3) is 0.250. The standard InChI is InChI=1S/C12H14N2O4S/c1-2-9-7-13-12(18-9)8-14-19(16,17)11-6-4-3-5-10(11)15/h3-7,14-15H,2,8H2,1H3. The molecule has 0 fully saturated rings. The lowest BCUT2D eigenvalue weighted by Gasteiger charge is -2.06. The Kier molecular flexibility index (Phi) is 3.87. The van der Waals surface area contributed by atoms with Crippen molar-refractivity contribution in [1.29, 1.82) is 0 Å². The molecule has 2 rings (SSSR count). The van der Waals surface area contributed by atoms with Crippen LogP contribution < -0.4 is 4.72 Å². The highest BCUT2D eigenvalue weighted by Crippen LogP contribution is 2.21. The molecule has 102 valence electrons. The van der Waals surface area contributed by atoms with Crippen LogP contribution in [0.15, 0.2) is 39.8 Å². The second-order valence-corrected chi connectivity index (χ2v) is 5.60. The van der Waals surface area contributed by atoms with Gasteiger partial charge >= 0.3 is 0 Å². The van der Waals surface area contributed by atoms with E-state index in [4.69, 9.17) is 4.42 Å². The normalized spacial score (nSPS) is 11.6. The van der Waals surface area contributed by atoms with Crippen molar-refractivity contribution in [2.45, 2.75) is 24.8 Å². The van der Waals surface area contributed by atoms with Crippen molar-refractivity contribution >= 4 is 10.0 Å². The van der Waals surface area contributed by atoms with E-state index in [1.807, 2.05) is 6.92 Å². The van der Waals surface area contributed by atoms with Gasteiger partial charge in [-0.25, -0.2) is 18.1 Å². The third-order valence-electron chi connectivity index (χ3n) is 2.52. The van der Waals surface area contributed by atoms with Crippen LogP contribution >= 0.6 is 0 Å². The Labute approximate surface area is 111 Å². The second-order valence-electron chi connectivity index (χ2n) is 3.87. The van der Waals surface area contributed by atoms with E-state index in [2.05, 4.69) is 9.71 Å². The fourth-order valence-corrected chi connectivity index (χ4v) is 2.58. The van der Waals surface area contributed by atoms with Gasteiger partial charge in [0.1, 0.15) is 16.4 Å². The highest BCUT2D eigenvalue weighted by molar-refractivity contribution is 7.89. The van der Waals surface area contributed by atoms with E-state index in [1.54, 1.807) is 12.3 Å². The Bertz CT molecular complexity index is 664. The molecule has 0 aliphatic rings. The molecule has 0 aliphatic carbocycles. The lowest BCUT2D eigenvalue weighted by atomic mass is 10.3. The van der Waals surface area contributed by atoms with E-state index in [0.29, 0.717) is 12.2 Å². The molecule has 0 amide bonds. The Hall–Kier alpha value is -1.86. The van der Waals surface area contributed by atoms with Crippen molar-refractivity contribution in [3.05, 3.63) is 42.1 Å². The highest BCUT2D eigenvalue weighted by Gasteiger charge is 2.18. The number of nitrogens with one attached hydrogen (secondary N) is 1. The van der Waals surface area contributed by atoms with Crippen molar-refractivity contribution in [2.75, 3.05) is 0 Å². The molecule has 1 heterocycles. The summed E-state index contributed by atoms with van der Waals surface area (Å²) in [6.45, 7) is 1.85. The fourth-order valence-electron chi connectivity index (χ4n) is 1.51. The van der Waals surface area contributed by atoms with Crippen LogP contribution in [-0.2, 0) is 23.0 Å². The molecule has 0 radical (unpaired) electrons. The number of aryl methyl sites for hydroxylation is 1. The molecule has 0 aliphatic heterocycles. The largest absolute Gasteiger partial charge is 0.507 e. The van der Waals surface area contributed by atoms with E-state index >= 15 is 0 Å². The van der Waals surface area contributed by atoms with Crippen LogP contribution in [0.2, 0.25) is 0 Å². The van der Waals surface area contributed by atoms with E-state index in [-0.39, 0.29) is 23.1 Å². The molecule has 19 heavy (non-hydrogen) atoms. The number of aromatic hydroxyl groups is 1. The van der Waals surface area contributed by atoms with Crippen LogP contribution in [0.4, 0.5) is 0 Å². The zero-order valence-corrected chi connectivity index (χ0v) is 11.1. The molecular weight excluding hydrogens is 268 g/mol. The van der Waals surface area contributed by atoms with Gasteiger partial charge in [-0.2, -0.15) is 0 Å². The number of aromatic nitrogens is 1. The first-order chi connectivity index (χ1) is 9.03. The van der Waals surface area contributed by atoms with Crippen LogP contribution in [0.1, 0.15) is 18.6 Å². The van der Waals surface area contributed by atoms with Gasteiger partial charge in [0.2, 0.25) is 15.9 Å². The summed E-state index contributed by atoms with van der Waals surface area (Å²) < 4.78 is 31.5. The highest BCUT2D eigenvalue weighted by atomic mass is 32.2. The number of para-hydroxylation sites is 1. The van der Waals surface area contributed by atoms with Crippen molar-refractivity contribution in [1.82, 2.24) is 9.71 Å². The molecule has 2 N–H and O–H groups in total. The lowest BCUT2D eigenvalue weighted by molar-refractivity contribution is 0.447.